The molecule has 0 saturated heterocycles. The molecule has 7 nitrogen and oxygen atoms in total. The van der Waals surface area contributed by atoms with Crippen LogP contribution in [0.15, 0.2) is 48.0 Å². The van der Waals surface area contributed by atoms with E-state index in [1.54, 1.807) is 30.3 Å². The van der Waals surface area contributed by atoms with E-state index in [2.05, 4.69) is 5.32 Å². The number of nitrogens with two attached hydrogens (primary N) is 1. The highest BCUT2D eigenvalue weighted by Gasteiger charge is 2.14. The van der Waals surface area contributed by atoms with E-state index in [4.69, 9.17) is 15.2 Å². The molecule has 2 aromatic carbocycles. The van der Waals surface area contributed by atoms with Gasteiger partial charge in [-0.3, -0.25) is 9.59 Å². The highest BCUT2D eigenvalue weighted by Crippen LogP contribution is 2.28. The number of hydrogen-bond acceptors (Lipinski definition) is 5. The third-order valence-corrected chi connectivity index (χ3v) is 3.52. The van der Waals surface area contributed by atoms with Crippen molar-refractivity contribution < 1.29 is 19.1 Å². The zero-order valence-corrected chi connectivity index (χ0v) is 14.3. The highest BCUT2D eigenvalue weighted by atomic mass is 16.5. The molecule has 0 radical (unpaired) electrons. The van der Waals surface area contributed by atoms with Gasteiger partial charge in [0.2, 0.25) is 0 Å². The van der Waals surface area contributed by atoms with Gasteiger partial charge in [-0.1, -0.05) is 18.2 Å². The first-order chi connectivity index (χ1) is 12.5. The Morgan fingerprint density at radius 3 is 2.42 bits per heavy atom. The molecule has 7 heteroatoms. The molecule has 0 saturated carbocycles. The molecule has 0 fully saturated rings. The van der Waals surface area contributed by atoms with Crippen LogP contribution in [-0.2, 0) is 4.79 Å². The molecular weight excluding hydrogens is 334 g/mol. The first kappa shape index (κ1) is 18.5. The van der Waals surface area contributed by atoms with Crippen LogP contribution in [-0.4, -0.2) is 26.0 Å². The Balaban J connectivity index is 2.31. The Morgan fingerprint density at radius 2 is 1.81 bits per heavy atom. The van der Waals surface area contributed by atoms with E-state index in [1.165, 1.54) is 32.4 Å². The average molecular weight is 351 g/mol. The van der Waals surface area contributed by atoms with E-state index in [9.17, 15) is 14.9 Å². The molecule has 0 atom stereocenters. The van der Waals surface area contributed by atoms with Crippen molar-refractivity contribution in [2.75, 3.05) is 19.5 Å². The fraction of sp³-hybridized carbons (Fsp3) is 0.105. The maximum Gasteiger partial charge on any atom is 0.266 e. The molecule has 0 bridgehead atoms. The first-order valence-electron chi connectivity index (χ1n) is 7.54. The second-order valence-corrected chi connectivity index (χ2v) is 5.15. The lowest BCUT2D eigenvalue weighted by atomic mass is 10.1. The number of nitrogens with one attached hydrogen (secondary N) is 1. The monoisotopic (exact) mass is 351 g/mol. The van der Waals surface area contributed by atoms with Crippen LogP contribution in [0.4, 0.5) is 5.69 Å². The van der Waals surface area contributed by atoms with E-state index >= 15 is 0 Å². The van der Waals surface area contributed by atoms with Gasteiger partial charge in [0, 0.05) is 0 Å². The van der Waals surface area contributed by atoms with Crippen LogP contribution >= 0.6 is 0 Å². The van der Waals surface area contributed by atoms with Gasteiger partial charge >= 0.3 is 0 Å². The van der Waals surface area contributed by atoms with Crippen molar-refractivity contribution in [3.63, 3.8) is 0 Å². The van der Waals surface area contributed by atoms with Gasteiger partial charge in [0.15, 0.2) is 11.5 Å². The minimum atomic E-state index is -0.678. The van der Waals surface area contributed by atoms with Gasteiger partial charge in [0.05, 0.1) is 25.5 Å². The molecule has 132 valence electrons. The summed E-state index contributed by atoms with van der Waals surface area (Å²) in [4.78, 5) is 23.8. The van der Waals surface area contributed by atoms with Gasteiger partial charge in [-0.05, 0) is 35.9 Å². The third-order valence-electron chi connectivity index (χ3n) is 3.52. The lowest BCUT2D eigenvalue weighted by Crippen LogP contribution is -2.19. The highest BCUT2D eigenvalue weighted by molar-refractivity contribution is 6.12. The molecule has 2 aromatic rings. The number of benzene rings is 2. The number of rotatable bonds is 6. The number of methoxy groups -OCH3 is 2. The van der Waals surface area contributed by atoms with Crippen molar-refractivity contribution >= 4 is 23.6 Å². The van der Waals surface area contributed by atoms with Crippen molar-refractivity contribution in [2.24, 2.45) is 5.73 Å². The number of ether oxygens (including phenoxy) is 2. The zero-order valence-electron chi connectivity index (χ0n) is 14.3. The summed E-state index contributed by atoms with van der Waals surface area (Å²) in [5, 5.41) is 11.8. The maximum atomic E-state index is 12.4. The van der Waals surface area contributed by atoms with Gasteiger partial charge in [0.25, 0.3) is 11.8 Å². The molecule has 0 heterocycles. The molecule has 0 aliphatic heterocycles. The minimum Gasteiger partial charge on any atom is -0.493 e. The van der Waals surface area contributed by atoms with Gasteiger partial charge in [-0.2, -0.15) is 5.26 Å². The molecule has 0 aliphatic rings. The summed E-state index contributed by atoms with van der Waals surface area (Å²) >= 11 is 0. The SMILES string of the molecule is COc1ccc(/C=C(\C#N)C(=O)Nc2ccccc2C(N)=O)cc1OC. The Kier molecular flexibility index (Phi) is 5.96. The van der Waals surface area contributed by atoms with Crippen LogP contribution in [0.3, 0.4) is 0 Å². The summed E-state index contributed by atoms with van der Waals surface area (Å²) in [6.07, 6.45) is 1.41. The van der Waals surface area contributed by atoms with Crippen molar-refractivity contribution in [2.45, 2.75) is 0 Å². The summed E-state index contributed by atoms with van der Waals surface area (Å²) in [7, 11) is 3.00. The van der Waals surface area contributed by atoms with E-state index in [0.717, 1.165) is 0 Å². The van der Waals surface area contributed by atoms with Gasteiger partial charge in [-0.25, -0.2) is 0 Å². The topological polar surface area (TPSA) is 114 Å². The van der Waals surface area contributed by atoms with Crippen LogP contribution in [0.2, 0.25) is 0 Å². The Bertz CT molecular complexity index is 913. The fourth-order valence-corrected chi connectivity index (χ4v) is 2.25. The van der Waals surface area contributed by atoms with Crippen molar-refractivity contribution in [1.82, 2.24) is 0 Å². The number of hydrogen-bond donors (Lipinski definition) is 2. The van der Waals surface area contributed by atoms with Crippen LogP contribution in [0.1, 0.15) is 15.9 Å². The summed E-state index contributed by atoms with van der Waals surface area (Å²) in [5.74, 6) is -0.333. The number of nitriles is 1. The van der Waals surface area contributed by atoms with Crippen molar-refractivity contribution in [3.05, 3.63) is 59.2 Å². The molecule has 26 heavy (non-hydrogen) atoms. The van der Waals surface area contributed by atoms with Crippen LogP contribution in [0.25, 0.3) is 6.08 Å². The molecule has 0 aromatic heterocycles. The standard InChI is InChI=1S/C19H17N3O4/c1-25-16-8-7-12(10-17(16)26-2)9-13(11-20)19(24)22-15-6-4-3-5-14(15)18(21)23/h3-10H,1-2H3,(H2,21,23)(H,22,24)/b13-9+. The molecule has 0 unspecified atom stereocenters. The quantitative estimate of drug-likeness (QED) is 0.612. The summed E-state index contributed by atoms with van der Waals surface area (Å²) < 4.78 is 10.4. The van der Waals surface area contributed by atoms with E-state index < -0.39 is 11.8 Å². The minimum absolute atomic E-state index is 0.142. The average Bonchev–Trinajstić information content (AvgIpc) is 2.65. The largest absolute Gasteiger partial charge is 0.493 e. The molecule has 0 spiro atoms. The number of nitrogens with zero attached hydrogens (tertiary/aromatic N) is 1. The van der Waals surface area contributed by atoms with Crippen LogP contribution < -0.4 is 20.5 Å². The second kappa shape index (κ2) is 8.35. The van der Waals surface area contributed by atoms with Gasteiger partial charge in [-0.15, -0.1) is 0 Å². The molecule has 0 aliphatic carbocycles. The number of carbonyl (C=O) groups excluding carboxylic acids is 2. The molecular formula is C19H17N3O4. The number of primary amides is 1. The fourth-order valence-electron chi connectivity index (χ4n) is 2.25. The predicted octanol–water partition coefficient (Wildman–Crippen LogP) is 2.35. The molecule has 2 amide bonds. The summed E-state index contributed by atoms with van der Waals surface area (Å²) in [6.45, 7) is 0. The van der Waals surface area contributed by atoms with Gasteiger partial charge < -0.3 is 20.5 Å². The van der Waals surface area contributed by atoms with Crippen molar-refractivity contribution in [3.8, 4) is 17.6 Å². The van der Waals surface area contributed by atoms with Crippen LogP contribution in [0.5, 0.6) is 11.5 Å². The third kappa shape index (κ3) is 4.19. The van der Waals surface area contributed by atoms with Gasteiger partial charge in [0.1, 0.15) is 11.6 Å². The van der Waals surface area contributed by atoms with E-state index in [1.807, 2.05) is 6.07 Å². The van der Waals surface area contributed by atoms with E-state index in [-0.39, 0.29) is 16.8 Å². The van der Waals surface area contributed by atoms with Crippen molar-refractivity contribution in [1.29, 1.82) is 5.26 Å². The Hall–Kier alpha value is -3.79. The Labute approximate surface area is 150 Å². The second-order valence-electron chi connectivity index (χ2n) is 5.15. The number of para-hydroxylation sites is 1. The zero-order chi connectivity index (χ0) is 19.1. The lowest BCUT2D eigenvalue weighted by molar-refractivity contribution is -0.112. The molecule has 2 rings (SSSR count). The van der Waals surface area contributed by atoms with Crippen LogP contribution in [0, 0.1) is 11.3 Å². The summed E-state index contributed by atoms with van der Waals surface area (Å²) in [6, 6.07) is 13.1. The smallest absolute Gasteiger partial charge is 0.266 e. The first-order valence-corrected chi connectivity index (χ1v) is 7.54. The number of anilines is 1. The normalized spacial score (nSPS) is 10.6. The Morgan fingerprint density at radius 1 is 1.12 bits per heavy atom. The number of carbonyl (C=O) groups is 2. The van der Waals surface area contributed by atoms with E-state index in [0.29, 0.717) is 17.1 Å². The predicted molar refractivity (Wildman–Crippen MR) is 96.7 cm³/mol. The number of amides is 2. The maximum absolute atomic E-state index is 12.4. The summed E-state index contributed by atoms with van der Waals surface area (Å²) in [5.41, 5.74) is 6.12. The lowest BCUT2D eigenvalue weighted by Gasteiger charge is -2.09. The molecule has 3 N–H and O–H groups in total.